The number of imidazole rings is 1. The fourth-order valence-corrected chi connectivity index (χ4v) is 5.03. The van der Waals surface area contributed by atoms with E-state index in [1.807, 2.05) is 0 Å². The van der Waals surface area contributed by atoms with Crippen LogP contribution in [0.4, 0.5) is 14.6 Å². The van der Waals surface area contributed by atoms with Gasteiger partial charge in [-0.3, -0.25) is 4.90 Å². The van der Waals surface area contributed by atoms with Gasteiger partial charge >= 0.3 is 0 Å². The second kappa shape index (κ2) is 11.3. The van der Waals surface area contributed by atoms with Gasteiger partial charge < -0.3 is 18.9 Å². The van der Waals surface area contributed by atoms with Gasteiger partial charge in [0.05, 0.1) is 24.8 Å². The van der Waals surface area contributed by atoms with Crippen molar-refractivity contribution in [1.29, 1.82) is 5.26 Å². The minimum atomic E-state index is -0.612. The van der Waals surface area contributed by atoms with E-state index < -0.39 is 11.6 Å². The lowest BCUT2D eigenvalue weighted by Crippen LogP contribution is -2.46. The molecule has 0 aliphatic carbocycles. The number of hydrogen-bond acceptors (Lipinski definition) is 8. The van der Waals surface area contributed by atoms with Crippen molar-refractivity contribution in [3.05, 3.63) is 76.2 Å². The van der Waals surface area contributed by atoms with E-state index in [-0.39, 0.29) is 29.2 Å². The number of aromatic nitrogens is 4. The molecule has 2 saturated heterocycles. The van der Waals surface area contributed by atoms with Gasteiger partial charge in [-0.15, -0.1) is 0 Å². The molecule has 0 amide bonds. The largest absolute Gasteiger partial charge is 0.471 e. The Bertz CT molecular complexity index is 1580. The number of pyridine rings is 2. The summed E-state index contributed by atoms with van der Waals surface area (Å²) < 4.78 is 41.8. The molecule has 1 aromatic carbocycles. The number of nitriles is 1. The summed E-state index contributed by atoms with van der Waals surface area (Å²) in [6, 6.07) is 11.1. The van der Waals surface area contributed by atoms with Crippen LogP contribution in [0.25, 0.3) is 11.2 Å². The molecule has 0 bridgehead atoms. The quantitative estimate of drug-likeness (QED) is 0.312. The molecular weight excluding hydrogens is 540 g/mol. The van der Waals surface area contributed by atoms with Gasteiger partial charge in [-0.2, -0.15) is 10.2 Å². The highest BCUT2D eigenvalue weighted by Gasteiger charge is 2.25. The first-order valence-corrected chi connectivity index (χ1v) is 13.4. The second-order valence-electron chi connectivity index (χ2n) is 9.84. The highest BCUT2D eigenvalue weighted by atomic mass is 35.5. The van der Waals surface area contributed by atoms with Gasteiger partial charge in [0, 0.05) is 49.6 Å². The van der Waals surface area contributed by atoms with Crippen LogP contribution in [0.5, 0.6) is 5.88 Å². The number of rotatable bonds is 8. The van der Waals surface area contributed by atoms with E-state index >= 15 is 0 Å². The fourth-order valence-electron chi connectivity index (χ4n) is 4.87. The zero-order valence-electron chi connectivity index (χ0n) is 21.6. The molecule has 0 saturated carbocycles. The number of benzene rings is 1. The van der Waals surface area contributed by atoms with Crippen molar-refractivity contribution >= 4 is 28.6 Å². The normalized spacial score (nSPS) is 17.6. The van der Waals surface area contributed by atoms with E-state index in [1.54, 1.807) is 24.4 Å². The number of hydrogen-bond donors (Lipinski definition) is 0. The number of piperazine rings is 1. The Morgan fingerprint density at radius 3 is 2.62 bits per heavy atom. The van der Waals surface area contributed by atoms with E-state index in [0.717, 1.165) is 37.6 Å². The molecule has 0 spiro atoms. The maximum absolute atomic E-state index is 14.4. The molecule has 9 nitrogen and oxygen atoms in total. The second-order valence-corrected chi connectivity index (χ2v) is 10.3. The van der Waals surface area contributed by atoms with Crippen molar-refractivity contribution in [3.63, 3.8) is 0 Å². The van der Waals surface area contributed by atoms with E-state index in [1.165, 1.54) is 18.2 Å². The van der Waals surface area contributed by atoms with Crippen molar-refractivity contribution < 1.29 is 18.3 Å². The van der Waals surface area contributed by atoms with Gasteiger partial charge in [-0.1, -0.05) is 17.7 Å². The van der Waals surface area contributed by atoms with Gasteiger partial charge in [-0.05, 0) is 36.8 Å². The van der Waals surface area contributed by atoms with Crippen LogP contribution in [0, 0.1) is 23.0 Å². The van der Waals surface area contributed by atoms with Gasteiger partial charge in [0.15, 0.2) is 11.5 Å². The zero-order valence-corrected chi connectivity index (χ0v) is 22.3. The Balaban J connectivity index is 1.12. The van der Waals surface area contributed by atoms with Gasteiger partial charge in [0.25, 0.3) is 5.88 Å². The van der Waals surface area contributed by atoms with Crippen LogP contribution >= 0.6 is 11.6 Å². The first-order valence-electron chi connectivity index (χ1n) is 13.0. The Kier molecular flexibility index (Phi) is 7.47. The summed E-state index contributed by atoms with van der Waals surface area (Å²) in [4.78, 5) is 18.1. The lowest BCUT2D eigenvalue weighted by atomic mass is 10.2. The molecular formula is C28H26ClF2N7O2. The summed E-state index contributed by atoms with van der Waals surface area (Å²) in [6.45, 7) is 4.73. The number of anilines is 1. The van der Waals surface area contributed by atoms with Crippen LogP contribution in [0.2, 0.25) is 5.02 Å². The van der Waals surface area contributed by atoms with Crippen LogP contribution in [0.15, 0.2) is 42.6 Å². The highest BCUT2D eigenvalue weighted by molar-refractivity contribution is 6.30. The van der Waals surface area contributed by atoms with E-state index in [4.69, 9.17) is 26.1 Å². The van der Waals surface area contributed by atoms with Crippen LogP contribution in [-0.4, -0.2) is 63.3 Å². The lowest BCUT2D eigenvalue weighted by molar-refractivity contribution is -0.0592. The Morgan fingerprint density at radius 2 is 1.90 bits per heavy atom. The molecule has 4 aromatic rings. The third kappa shape index (κ3) is 5.56. The van der Waals surface area contributed by atoms with Crippen molar-refractivity contribution in [2.24, 2.45) is 0 Å². The summed E-state index contributed by atoms with van der Waals surface area (Å²) in [5.74, 6) is 0.168. The fraction of sp³-hybridized carbons (Fsp3) is 0.357. The van der Waals surface area contributed by atoms with Gasteiger partial charge in [-0.25, -0.2) is 18.7 Å². The molecule has 2 aliphatic rings. The van der Waals surface area contributed by atoms with Gasteiger partial charge in [0.1, 0.15) is 35.7 Å². The van der Waals surface area contributed by atoms with E-state index in [9.17, 15) is 14.0 Å². The lowest BCUT2D eigenvalue weighted by Gasteiger charge is -2.35. The van der Waals surface area contributed by atoms with Crippen molar-refractivity contribution in [2.45, 2.75) is 32.2 Å². The zero-order chi connectivity index (χ0) is 27.6. The predicted molar refractivity (Wildman–Crippen MR) is 144 cm³/mol. The molecule has 2 aliphatic heterocycles. The third-order valence-corrected chi connectivity index (χ3v) is 7.45. The van der Waals surface area contributed by atoms with Crippen LogP contribution in [0.1, 0.15) is 23.4 Å². The van der Waals surface area contributed by atoms with Crippen molar-refractivity contribution in [3.8, 4) is 11.9 Å². The van der Waals surface area contributed by atoms with E-state index in [2.05, 4.69) is 30.4 Å². The molecule has 1 unspecified atom stereocenters. The molecule has 5 heterocycles. The topological polar surface area (TPSA) is 92.3 Å². The smallest absolute Gasteiger partial charge is 0.252 e. The van der Waals surface area contributed by atoms with Crippen LogP contribution < -0.4 is 9.64 Å². The molecule has 12 heteroatoms. The van der Waals surface area contributed by atoms with Gasteiger partial charge in [0.2, 0.25) is 0 Å². The minimum Gasteiger partial charge on any atom is -0.471 e. The first kappa shape index (κ1) is 26.4. The monoisotopic (exact) mass is 565 g/mol. The summed E-state index contributed by atoms with van der Waals surface area (Å²) >= 11 is 5.80. The molecule has 3 aromatic heterocycles. The minimum absolute atomic E-state index is 0.141. The standard InChI is InChI=1S/C28H26ClF2N7O2/c29-20-2-1-19(23(31)12-20)17-40-28-22(30)3-4-25(35-28)37-8-6-36(7-9-37)16-26-34-24-11-18(13-32)14-33-27(24)38(26)15-21-5-10-39-21/h1-4,11-12,14,21H,5-10,15-17H2. The SMILES string of the molecule is N#Cc1cnc2c(c1)nc(CN1CCN(c3ccc(F)c(OCc4ccc(Cl)cc4F)n3)CC1)n2CC1CCO1. The molecule has 6 rings (SSSR count). The molecule has 0 radical (unpaired) electrons. The maximum atomic E-state index is 14.4. The predicted octanol–water partition coefficient (Wildman–Crippen LogP) is 4.32. The Morgan fingerprint density at radius 1 is 1.07 bits per heavy atom. The first-order chi connectivity index (χ1) is 19.5. The molecule has 206 valence electrons. The number of ether oxygens (including phenoxy) is 2. The summed E-state index contributed by atoms with van der Waals surface area (Å²) in [6.07, 6.45) is 2.71. The Labute approximate surface area is 234 Å². The summed E-state index contributed by atoms with van der Waals surface area (Å²) in [5, 5.41) is 9.55. The van der Waals surface area contributed by atoms with E-state index in [0.29, 0.717) is 43.1 Å². The third-order valence-electron chi connectivity index (χ3n) is 7.21. The number of fused-ring (bicyclic) bond motifs is 1. The Hall–Kier alpha value is -3.85. The molecule has 1 atom stereocenters. The van der Waals surface area contributed by atoms with Crippen LogP contribution in [0.3, 0.4) is 0 Å². The number of nitrogens with zero attached hydrogens (tertiary/aromatic N) is 7. The summed E-state index contributed by atoms with van der Waals surface area (Å²) in [7, 11) is 0. The molecule has 0 N–H and O–H groups in total. The molecule has 40 heavy (non-hydrogen) atoms. The average molecular weight is 566 g/mol. The molecule has 2 fully saturated rings. The van der Waals surface area contributed by atoms with Crippen molar-refractivity contribution in [1.82, 2.24) is 24.4 Å². The number of halogens is 3. The average Bonchev–Trinajstić information content (AvgIpc) is 3.27. The van der Waals surface area contributed by atoms with Crippen LogP contribution in [-0.2, 0) is 24.4 Å². The maximum Gasteiger partial charge on any atom is 0.252 e. The summed E-state index contributed by atoms with van der Waals surface area (Å²) in [5.41, 5.74) is 2.20. The van der Waals surface area contributed by atoms with Crippen molar-refractivity contribution in [2.75, 3.05) is 37.7 Å². The highest BCUT2D eigenvalue weighted by Crippen LogP contribution is 2.25.